The number of fused-ring (bicyclic) bond motifs is 2. The molecule has 1 amide bonds. The number of carbonyl (C=O) groups is 1. The number of likely N-dealkylation sites (tertiary alicyclic amines) is 1. The molecule has 25 heavy (non-hydrogen) atoms. The van der Waals surface area contributed by atoms with Crippen molar-refractivity contribution in [2.24, 2.45) is 0 Å². The second-order valence-electron chi connectivity index (χ2n) is 6.98. The topological polar surface area (TPSA) is 72.8 Å². The lowest BCUT2D eigenvalue weighted by Crippen LogP contribution is -2.46. The van der Waals surface area contributed by atoms with E-state index in [0.717, 1.165) is 43.7 Å². The lowest BCUT2D eigenvalue weighted by atomic mass is 9.70. The lowest BCUT2D eigenvalue weighted by molar-refractivity contribution is -0.122. The predicted octanol–water partition coefficient (Wildman–Crippen LogP) is 0.852. The Labute approximate surface area is 147 Å². The maximum absolute atomic E-state index is 12.7. The van der Waals surface area contributed by atoms with Gasteiger partial charge in [0.15, 0.2) is 0 Å². The number of amides is 1. The Morgan fingerprint density at radius 1 is 1.08 bits per heavy atom. The third kappa shape index (κ3) is 2.86. The van der Waals surface area contributed by atoms with Gasteiger partial charge in [0.2, 0.25) is 5.91 Å². The first-order valence-corrected chi connectivity index (χ1v) is 8.67. The molecule has 2 aliphatic heterocycles. The Kier molecular flexibility index (Phi) is 4.11. The zero-order chi connectivity index (χ0) is 17.4. The summed E-state index contributed by atoms with van der Waals surface area (Å²) in [5.41, 5.74) is 2.86. The molecule has 0 unspecified atom stereocenters. The lowest BCUT2D eigenvalue weighted by Gasteiger charge is -2.38. The van der Waals surface area contributed by atoms with Crippen LogP contribution >= 0.6 is 0 Å². The Morgan fingerprint density at radius 3 is 2.48 bits per heavy atom. The minimum absolute atomic E-state index is 0.0337. The number of benzene rings is 2. The highest BCUT2D eigenvalue weighted by molar-refractivity contribution is 6.58. The monoisotopic (exact) mass is 336 g/mol. The Hall–Kier alpha value is -2.15. The number of hydrogen-bond acceptors (Lipinski definition) is 4. The summed E-state index contributed by atoms with van der Waals surface area (Å²) in [6, 6.07) is 15.5. The van der Waals surface area contributed by atoms with E-state index in [2.05, 4.69) is 22.3 Å². The summed E-state index contributed by atoms with van der Waals surface area (Å²) in [6.07, 6.45) is 1.48. The van der Waals surface area contributed by atoms with Crippen molar-refractivity contribution in [3.63, 3.8) is 0 Å². The first-order valence-electron chi connectivity index (χ1n) is 8.67. The highest BCUT2D eigenvalue weighted by Gasteiger charge is 2.48. The average molecular weight is 336 g/mol. The number of piperidine rings is 1. The van der Waals surface area contributed by atoms with Crippen LogP contribution in [0.15, 0.2) is 48.5 Å². The van der Waals surface area contributed by atoms with Crippen LogP contribution in [0, 0.1) is 0 Å². The minimum atomic E-state index is -1.52. The molecule has 2 aliphatic rings. The molecular formula is C19H21BN2O3. The smallest absolute Gasteiger partial charge is 0.423 e. The van der Waals surface area contributed by atoms with Crippen molar-refractivity contribution in [1.82, 2.24) is 4.90 Å². The van der Waals surface area contributed by atoms with Crippen molar-refractivity contribution >= 4 is 24.2 Å². The van der Waals surface area contributed by atoms with Gasteiger partial charge in [-0.15, -0.1) is 0 Å². The first-order chi connectivity index (χ1) is 12.1. The van der Waals surface area contributed by atoms with Gasteiger partial charge in [-0.2, -0.15) is 0 Å². The van der Waals surface area contributed by atoms with Crippen LogP contribution in [0.3, 0.4) is 0 Å². The summed E-state index contributed by atoms with van der Waals surface area (Å²) in [6.45, 7) is 2.57. The summed E-state index contributed by atoms with van der Waals surface area (Å²) in [4.78, 5) is 15.1. The molecular weight excluding hydrogens is 315 g/mol. The van der Waals surface area contributed by atoms with Crippen molar-refractivity contribution in [3.05, 3.63) is 59.7 Å². The molecule has 2 heterocycles. The van der Waals surface area contributed by atoms with E-state index in [1.165, 1.54) is 5.56 Å². The molecule has 0 aliphatic carbocycles. The standard InChI is InChI=1S/C19H21BN2O3/c23-18-19(16-12-15(20(24)25)6-7-17(16)21-18)8-10-22(11-9-19)13-14-4-2-1-3-5-14/h1-7,12,24-25H,8-11,13H2,(H,21,23). The van der Waals surface area contributed by atoms with Crippen LogP contribution in [0.25, 0.3) is 0 Å². The zero-order valence-corrected chi connectivity index (χ0v) is 14.0. The fourth-order valence-electron chi connectivity index (χ4n) is 4.02. The molecule has 2 aromatic carbocycles. The van der Waals surface area contributed by atoms with Crippen molar-refractivity contribution in [3.8, 4) is 0 Å². The molecule has 0 atom stereocenters. The maximum atomic E-state index is 12.7. The minimum Gasteiger partial charge on any atom is -0.423 e. The molecule has 6 heteroatoms. The van der Waals surface area contributed by atoms with Gasteiger partial charge in [0.1, 0.15) is 0 Å². The van der Waals surface area contributed by atoms with Gasteiger partial charge in [-0.05, 0) is 48.6 Å². The fraction of sp³-hybridized carbons (Fsp3) is 0.316. The van der Waals surface area contributed by atoms with E-state index < -0.39 is 12.5 Å². The highest BCUT2D eigenvalue weighted by atomic mass is 16.4. The molecule has 3 N–H and O–H groups in total. The van der Waals surface area contributed by atoms with Crippen LogP contribution < -0.4 is 10.8 Å². The van der Waals surface area contributed by atoms with E-state index >= 15 is 0 Å². The Balaban J connectivity index is 1.55. The number of hydrogen-bond donors (Lipinski definition) is 3. The Morgan fingerprint density at radius 2 is 1.80 bits per heavy atom. The third-order valence-electron chi connectivity index (χ3n) is 5.50. The zero-order valence-electron chi connectivity index (χ0n) is 14.0. The van der Waals surface area contributed by atoms with Crippen LogP contribution in [-0.4, -0.2) is 41.1 Å². The van der Waals surface area contributed by atoms with Gasteiger partial charge in [-0.3, -0.25) is 9.69 Å². The number of nitrogens with one attached hydrogen (secondary N) is 1. The van der Waals surface area contributed by atoms with Gasteiger partial charge >= 0.3 is 7.12 Å². The van der Waals surface area contributed by atoms with Gasteiger partial charge in [0, 0.05) is 12.2 Å². The first kappa shape index (κ1) is 16.3. The molecule has 0 bridgehead atoms. The van der Waals surface area contributed by atoms with Crippen LogP contribution in [-0.2, 0) is 16.8 Å². The SMILES string of the molecule is O=C1Nc2ccc(B(O)O)cc2C12CCN(Cc1ccccc1)CC2. The molecule has 5 nitrogen and oxygen atoms in total. The number of rotatable bonds is 3. The Bertz CT molecular complexity index is 787. The molecule has 1 fully saturated rings. The molecule has 2 aromatic rings. The van der Waals surface area contributed by atoms with E-state index in [9.17, 15) is 14.8 Å². The molecule has 0 aromatic heterocycles. The summed E-state index contributed by atoms with van der Waals surface area (Å²) in [5.74, 6) is 0.0337. The van der Waals surface area contributed by atoms with Crippen molar-refractivity contribution in [2.45, 2.75) is 24.8 Å². The van der Waals surface area contributed by atoms with E-state index in [4.69, 9.17) is 0 Å². The highest BCUT2D eigenvalue weighted by Crippen LogP contribution is 2.44. The third-order valence-corrected chi connectivity index (χ3v) is 5.50. The summed E-state index contributed by atoms with van der Waals surface area (Å²) in [7, 11) is -1.52. The van der Waals surface area contributed by atoms with E-state index in [1.807, 2.05) is 18.2 Å². The predicted molar refractivity (Wildman–Crippen MR) is 97.5 cm³/mol. The van der Waals surface area contributed by atoms with Gasteiger partial charge in [0.05, 0.1) is 5.41 Å². The summed E-state index contributed by atoms with van der Waals surface area (Å²) >= 11 is 0. The number of carbonyl (C=O) groups excluding carboxylic acids is 1. The fourth-order valence-corrected chi connectivity index (χ4v) is 4.02. The van der Waals surface area contributed by atoms with Crippen molar-refractivity contribution < 1.29 is 14.8 Å². The second kappa shape index (κ2) is 6.30. The van der Waals surface area contributed by atoms with Gasteiger partial charge in [-0.25, -0.2) is 0 Å². The van der Waals surface area contributed by atoms with Crippen LogP contribution in [0.2, 0.25) is 0 Å². The van der Waals surface area contributed by atoms with Crippen molar-refractivity contribution in [2.75, 3.05) is 18.4 Å². The van der Waals surface area contributed by atoms with E-state index in [1.54, 1.807) is 18.2 Å². The quantitative estimate of drug-likeness (QED) is 0.727. The number of nitrogens with zero attached hydrogens (tertiary/aromatic N) is 1. The normalized spacial score (nSPS) is 18.9. The molecule has 128 valence electrons. The number of anilines is 1. The van der Waals surface area contributed by atoms with E-state index in [0.29, 0.717) is 5.46 Å². The largest absolute Gasteiger partial charge is 0.488 e. The van der Waals surface area contributed by atoms with Crippen molar-refractivity contribution in [1.29, 1.82) is 0 Å². The summed E-state index contributed by atoms with van der Waals surface area (Å²) < 4.78 is 0. The molecule has 1 saturated heterocycles. The van der Waals surface area contributed by atoms with Gasteiger partial charge in [-0.1, -0.05) is 42.5 Å². The maximum Gasteiger partial charge on any atom is 0.488 e. The van der Waals surface area contributed by atoms with Crippen LogP contribution in [0.1, 0.15) is 24.0 Å². The van der Waals surface area contributed by atoms with E-state index in [-0.39, 0.29) is 5.91 Å². The molecule has 0 saturated carbocycles. The van der Waals surface area contributed by atoms with Crippen LogP contribution in [0.5, 0.6) is 0 Å². The molecule has 4 rings (SSSR count). The van der Waals surface area contributed by atoms with Gasteiger partial charge < -0.3 is 15.4 Å². The average Bonchev–Trinajstić information content (AvgIpc) is 2.89. The second-order valence-corrected chi connectivity index (χ2v) is 6.98. The molecule has 1 spiro atoms. The molecule has 0 radical (unpaired) electrons. The van der Waals surface area contributed by atoms with Gasteiger partial charge in [0.25, 0.3) is 0 Å². The summed E-state index contributed by atoms with van der Waals surface area (Å²) in [5, 5.41) is 21.9. The van der Waals surface area contributed by atoms with Crippen LogP contribution in [0.4, 0.5) is 5.69 Å².